The molecule has 12 aromatic rings. The highest BCUT2D eigenvalue weighted by molar-refractivity contribution is 6.10. The number of aromatic nitrogens is 1. The summed E-state index contributed by atoms with van der Waals surface area (Å²) >= 11 is 0. The fourth-order valence-corrected chi connectivity index (χ4v) is 9.73. The molecular formula is C62H42N2. The smallest absolute Gasteiger partial charge is 0.0546 e. The van der Waals surface area contributed by atoms with Crippen molar-refractivity contribution in [3.63, 3.8) is 0 Å². The van der Waals surface area contributed by atoms with Gasteiger partial charge in [0.25, 0.3) is 0 Å². The molecule has 0 fully saturated rings. The van der Waals surface area contributed by atoms with Crippen molar-refractivity contribution in [1.82, 2.24) is 4.57 Å². The summed E-state index contributed by atoms with van der Waals surface area (Å²) in [6.45, 7) is 0. The summed E-state index contributed by atoms with van der Waals surface area (Å²) < 4.78 is 2.45. The molecule has 0 saturated heterocycles. The Kier molecular flexibility index (Phi) is 9.20. The van der Waals surface area contributed by atoms with Crippen molar-refractivity contribution >= 4 is 60.4 Å². The van der Waals surface area contributed by atoms with Crippen LogP contribution in [0.3, 0.4) is 0 Å². The summed E-state index contributed by atoms with van der Waals surface area (Å²) in [4.78, 5) is 2.42. The zero-order valence-corrected chi connectivity index (χ0v) is 35.1. The lowest BCUT2D eigenvalue weighted by molar-refractivity contribution is 1.18. The Morgan fingerprint density at radius 2 is 0.812 bits per heavy atom. The van der Waals surface area contributed by atoms with Gasteiger partial charge in [-0.15, -0.1) is 0 Å². The van der Waals surface area contributed by atoms with Crippen LogP contribution in [0, 0.1) is 0 Å². The molecule has 0 atom stereocenters. The Hall–Kier alpha value is -8.46. The molecular weight excluding hydrogens is 773 g/mol. The Bertz CT molecular complexity index is 3610. The lowest BCUT2D eigenvalue weighted by Gasteiger charge is -2.28. The minimum absolute atomic E-state index is 1.08. The molecule has 0 aliphatic rings. The van der Waals surface area contributed by atoms with Crippen molar-refractivity contribution in [3.8, 4) is 50.2 Å². The molecule has 0 amide bonds. The predicted molar refractivity (Wildman–Crippen MR) is 272 cm³/mol. The maximum atomic E-state index is 2.45. The fourth-order valence-electron chi connectivity index (χ4n) is 9.73. The van der Waals surface area contributed by atoms with E-state index >= 15 is 0 Å². The van der Waals surface area contributed by atoms with E-state index in [1.807, 2.05) is 0 Å². The molecule has 12 rings (SSSR count). The second-order valence-corrected chi connectivity index (χ2v) is 16.5. The van der Waals surface area contributed by atoms with Crippen molar-refractivity contribution < 1.29 is 0 Å². The van der Waals surface area contributed by atoms with Gasteiger partial charge in [-0.05, 0) is 110 Å². The average molecular weight is 815 g/mol. The van der Waals surface area contributed by atoms with E-state index in [1.54, 1.807) is 0 Å². The Balaban J connectivity index is 1.04. The number of fused-ring (bicyclic) bond motifs is 5. The minimum atomic E-state index is 1.08. The molecule has 0 spiro atoms. The van der Waals surface area contributed by atoms with Gasteiger partial charge in [-0.2, -0.15) is 0 Å². The van der Waals surface area contributed by atoms with E-state index in [-0.39, 0.29) is 0 Å². The molecule has 0 aliphatic heterocycles. The number of benzene rings is 11. The van der Waals surface area contributed by atoms with Crippen molar-refractivity contribution in [2.75, 3.05) is 4.90 Å². The van der Waals surface area contributed by atoms with E-state index in [1.165, 1.54) is 71.2 Å². The van der Waals surface area contributed by atoms with E-state index in [9.17, 15) is 0 Å². The molecule has 0 N–H and O–H groups in total. The van der Waals surface area contributed by atoms with E-state index in [2.05, 4.69) is 264 Å². The summed E-state index contributed by atoms with van der Waals surface area (Å²) in [6, 6.07) is 92.8. The standard InChI is InChI=1S/C62H42N2/c1-2-17-45(18-3-1)56-39-36-49(42-62(56)64-60-30-12-9-26-57(60)58-27-10-13-31-61(58)64)48-22-14-23-52(41-48)63(51-37-34-46(35-38-51)54-28-15-21-44-19-6-7-24-53(44)54)59-29-11-8-25-55(59)50-33-32-43-16-4-5-20-47(43)40-50/h1-42H. The number of rotatable bonds is 8. The van der Waals surface area contributed by atoms with Crippen LogP contribution in [0.15, 0.2) is 255 Å². The zero-order chi connectivity index (χ0) is 42.4. The quantitative estimate of drug-likeness (QED) is 0.148. The van der Waals surface area contributed by atoms with Crippen LogP contribution in [0.5, 0.6) is 0 Å². The van der Waals surface area contributed by atoms with Crippen LogP contribution >= 0.6 is 0 Å². The summed E-state index contributed by atoms with van der Waals surface area (Å²) in [5.74, 6) is 0. The number of anilines is 3. The van der Waals surface area contributed by atoms with Gasteiger partial charge in [-0.1, -0.05) is 200 Å². The molecule has 0 bridgehead atoms. The molecule has 1 heterocycles. The SMILES string of the molecule is c1ccc(-c2ccc(-c3cccc(N(c4ccc(-c5cccc6ccccc56)cc4)c4ccccc4-c4ccc5ccccc5c4)c3)cc2-n2c3ccccc3c3ccccc32)cc1. The van der Waals surface area contributed by atoms with Gasteiger partial charge in [0.05, 0.1) is 22.4 Å². The van der Waals surface area contributed by atoms with Crippen molar-refractivity contribution in [1.29, 1.82) is 0 Å². The maximum absolute atomic E-state index is 2.45. The van der Waals surface area contributed by atoms with Crippen molar-refractivity contribution in [2.24, 2.45) is 0 Å². The third kappa shape index (κ3) is 6.52. The highest BCUT2D eigenvalue weighted by Gasteiger charge is 2.20. The second-order valence-electron chi connectivity index (χ2n) is 16.5. The summed E-state index contributed by atoms with van der Waals surface area (Å²) in [5.41, 5.74) is 16.2. The van der Waals surface area contributed by atoms with Crippen LogP contribution in [0.4, 0.5) is 17.1 Å². The summed E-state index contributed by atoms with van der Waals surface area (Å²) in [5, 5.41) is 7.44. The van der Waals surface area contributed by atoms with E-state index in [0.717, 1.165) is 39.4 Å². The third-order valence-electron chi connectivity index (χ3n) is 12.8. The van der Waals surface area contributed by atoms with Crippen molar-refractivity contribution in [3.05, 3.63) is 255 Å². The van der Waals surface area contributed by atoms with Gasteiger partial charge in [-0.3, -0.25) is 0 Å². The average Bonchev–Trinajstić information content (AvgIpc) is 3.71. The molecule has 1 aromatic heterocycles. The van der Waals surface area contributed by atoms with Gasteiger partial charge in [0.1, 0.15) is 0 Å². The van der Waals surface area contributed by atoms with E-state index in [0.29, 0.717) is 0 Å². The summed E-state index contributed by atoms with van der Waals surface area (Å²) in [6.07, 6.45) is 0. The molecule has 64 heavy (non-hydrogen) atoms. The number of nitrogens with zero attached hydrogens (tertiary/aromatic N) is 2. The van der Waals surface area contributed by atoms with Crippen LogP contribution in [0.1, 0.15) is 0 Å². The van der Waals surface area contributed by atoms with Gasteiger partial charge in [0, 0.05) is 33.3 Å². The fraction of sp³-hybridized carbons (Fsp3) is 0. The van der Waals surface area contributed by atoms with E-state index < -0.39 is 0 Å². The Morgan fingerprint density at radius 3 is 1.61 bits per heavy atom. The molecule has 300 valence electrons. The lowest BCUT2D eigenvalue weighted by Crippen LogP contribution is -2.11. The topological polar surface area (TPSA) is 8.17 Å². The molecule has 0 saturated carbocycles. The van der Waals surface area contributed by atoms with Crippen LogP contribution in [-0.4, -0.2) is 4.57 Å². The van der Waals surface area contributed by atoms with Crippen LogP contribution in [-0.2, 0) is 0 Å². The molecule has 2 nitrogen and oxygen atoms in total. The minimum Gasteiger partial charge on any atom is -0.310 e. The highest BCUT2D eigenvalue weighted by Crippen LogP contribution is 2.44. The largest absolute Gasteiger partial charge is 0.310 e. The van der Waals surface area contributed by atoms with Crippen LogP contribution < -0.4 is 4.90 Å². The van der Waals surface area contributed by atoms with Crippen LogP contribution in [0.25, 0.3) is 93.5 Å². The lowest BCUT2D eigenvalue weighted by atomic mass is 9.96. The molecule has 0 aliphatic carbocycles. The normalized spacial score (nSPS) is 11.4. The Labute approximate surface area is 373 Å². The van der Waals surface area contributed by atoms with Gasteiger partial charge in [0.2, 0.25) is 0 Å². The van der Waals surface area contributed by atoms with Gasteiger partial charge in [-0.25, -0.2) is 0 Å². The van der Waals surface area contributed by atoms with E-state index in [4.69, 9.17) is 0 Å². The number of hydrogen-bond donors (Lipinski definition) is 0. The predicted octanol–water partition coefficient (Wildman–Crippen LogP) is 17.2. The first-order valence-electron chi connectivity index (χ1n) is 22.0. The zero-order valence-electron chi connectivity index (χ0n) is 35.1. The molecule has 0 radical (unpaired) electrons. The molecule has 11 aromatic carbocycles. The first-order chi connectivity index (χ1) is 31.7. The van der Waals surface area contributed by atoms with Gasteiger partial charge in [0.15, 0.2) is 0 Å². The number of hydrogen-bond acceptors (Lipinski definition) is 1. The molecule has 0 unspecified atom stereocenters. The van der Waals surface area contributed by atoms with Crippen LogP contribution in [0.2, 0.25) is 0 Å². The first kappa shape index (κ1) is 37.3. The Morgan fingerprint density at radius 1 is 0.266 bits per heavy atom. The van der Waals surface area contributed by atoms with Gasteiger partial charge < -0.3 is 9.47 Å². The summed E-state index contributed by atoms with van der Waals surface area (Å²) in [7, 11) is 0. The number of para-hydroxylation sites is 3. The first-order valence-corrected chi connectivity index (χ1v) is 22.0. The van der Waals surface area contributed by atoms with Gasteiger partial charge >= 0.3 is 0 Å². The second kappa shape index (κ2) is 15.8. The molecule has 2 heteroatoms. The maximum Gasteiger partial charge on any atom is 0.0546 e. The monoisotopic (exact) mass is 814 g/mol. The highest BCUT2D eigenvalue weighted by atomic mass is 15.1. The van der Waals surface area contributed by atoms with Crippen molar-refractivity contribution in [2.45, 2.75) is 0 Å². The third-order valence-corrected chi connectivity index (χ3v) is 12.8.